The van der Waals surface area contributed by atoms with Gasteiger partial charge >= 0.3 is 0 Å². The number of amides is 1. The predicted molar refractivity (Wildman–Crippen MR) is 120 cm³/mol. The number of hydrogen-bond acceptors (Lipinski definition) is 4. The van der Waals surface area contributed by atoms with Crippen molar-refractivity contribution in [2.24, 2.45) is 0 Å². The van der Waals surface area contributed by atoms with Gasteiger partial charge in [-0.05, 0) is 57.2 Å². The second-order valence-corrected chi connectivity index (χ2v) is 8.86. The number of aryl methyl sites for hydroxylation is 1. The number of carbonyl (C=O) groups excluding carboxylic acids is 1. The molecular formula is C24H22N4OS. The molecule has 0 radical (unpaired) electrons. The van der Waals surface area contributed by atoms with Crippen molar-refractivity contribution >= 4 is 39.2 Å². The van der Waals surface area contributed by atoms with Crippen molar-refractivity contribution in [2.75, 3.05) is 5.32 Å². The van der Waals surface area contributed by atoms with Gasteiger partial charge in [-0.15, -0.1) is 11.3 Å². The molecule has 30 heavy (non-hydrogen) atoms. The van der Waals surface area contributed by atoms with Crippen LogP contribution in [0.15, 0.2) is 36.0 Å². The smallest absolute Gasteiger partial charge is 0.266 e. The fourth-order valence-electron chi connectivity index (χ4n) is 4.02. The summed E-state index contributed by atoms with van der Waals surface area (Å²) in [4.78, 5) is 14.1. The average Bonchev–Trinajstić information content (AvgIpc) is 3.29. The van der Waals surface area contributed by atoms with E-state index in [4.69, 9.17) is 0 Å². The van der Waals surface area contributed by atoms with Crippen LogP contribution in [0, 0.1) is 22.7 Å². The summed E-state index contributed by atoms with van der Waals surface area (Å²) >= 11 is 1.46. The van der Waals surface area contributed by atoms with Gasteiger partial charge in [-0.25, -0.2) is 0 Å². The van der Waals surface area contributed by atoms with E-state index in [1.807, 2.05) is 36.5 Å². The average molecular weight is 415 g/mol. The van der Waals surface area contributed by atoms with E-state index < -0.39 is 5.91 Å². The Kier molecular flexibility index (Phi) is 5.44. The quantitative estimate of drug-likeness (QED) is 0.447. The van der Waals surface area contributed by atoms with Crippen molar-refractivity contribution in [1.29, 1.82) is 10.5 Å². The molecule has 1 aliphatic rings. The molecule has 5 nitrogen and oxygen atoms in total. The minimum Gasteiger partial charge on any atom is -0.344 e. The Bertz CT molecular complexity index is 1250. The minimum atomic E-state index is -0.478. The lowest BCUT2D eigenvalue weighted by Crippen LogP contribution is -2.13. The standard InChI is InChI=1S/C24H22N4OS/c1-15(2)28-14-17(18-7-3-5-9-21(18)28)11-16(12-25)23(29)27-24-20(13-26)19-8-4-6-10-22(19)30-24/h3,5,7,9,11,14-15H,4,6,8,10H2,1-2H3,(H,27,29)/b16-11+. The molecule has 0 spiro atoms. The van der Waals surface area contributed by atoms with Crippen LogP contribution in [-0.4, -0.2) is 10.5 Å². The van der Waals surface area contributed by atoms with Gasteiger partial charge in [0.2, 0.25) is 0 Å². The first-order valence-corrected chi connectivity index (χ1v) is 10.9. The number of aromatic nitrogens is 1. The Morgan fingerprint density at radius 3 is 2.73 bits per heavy atom. The summed E-state index contributed by atoms with van der Waals surface area (Å²) in [5, 5.41) is 23.6. The normalized spacial score (nSPS) is 13.7. The maximum Gasteiger partial charge on any atom is 0.266 e. The number of fused-ring (bicyclic) bond motifs is 2. The molecule has 1 amide bonds. The molecule has 0 fully saturated rings. The first-order valence-electron chi connectivity index (χ1n) is 10.1. The van der Waals surface area contributed by atoms with Gasteiger partial charge in [-0.3, -0.25) is 4.79 Å². The Morgan fingerprint density at radius 2 is 2.00 bits per heavy atom. The van der Waals surface area contributed by atoms with Crippen molar-refractivity contribution in [3.63, 3.8) is 0 Å². The summed E-state index contributed by atoms with van der Waals surface area (Å²) in [7, 11) is 0. The van der Waals surface area contributed by atoms with Gasteiger partial charge in [0.25, 0.3) is 5.91 Å². The molecule has 1 aliphatic carbocycles. The van der Waals surface area contributed by atoms with Crippen molar-refractivity contribution in [2.45, 2.75) is 45.6 Å². The van der Waals surface area contributed by atoms with Gasteiger partial charge in [-0.1, -0.05) is 18.2 Å². The van der Waals surface area contributed by atoms with Crippen LogP contribution in [0.5, 0.6) is 0 Å². The van der Waals surface area contributed by atoms with E-state index >= 15 is 0 Å². The zero-order chi connectivity index (χ0) is 21.3. The van der Waals surface area contributed by atoms with Gasteiger partial charge in [0.15, 0.2) is 0 Å². The van der Waals surface area contributed by atoms with E-state index in [2.05, 4.69) is 29.8 Å². The number of para-hydroxylation sites is 1. The number of carbonyl (C=O) groups is 1. The fourth-order valence-corrected chi connectivity index (χ4v) is 5.26. The third-order valence-corrected chi connectivity index (χ3v) is 6.71. The lowest BCUT2D eigenvalue weighted by Gasteiger charge is -2.09. The highest BCUT2D eigenvalue weighted by Crippen LogP contribution is 2.38. The number of nitrogens with one attached hydrogen (secondary N) is 1. The Labute approximate surface area is 179 Å². The molecule has 3 aromatic rings. The molecule has 0 aliphatic heterocycles. The van der Waals surface area contributed by atoms with E-state index in [9.17, 15) is 15.3 Å². The molecule has 2 aromatic heterocycles. The van der Waals surface area contributed by atoms with Crippen LogP contribution in [0.1, 0.15) is 54.3 Å². The monoisotopic (exact) mass is 414 g/mol. The van der Waals surface area contributed by atoms with Crippen LogP contribution >= 0.6 is 11.3 Å². The van der Waals surface area contributed by atoms with Crippen LogP contribution in [0.25, 0.3) is 17.0 Å². The van der Waals surface area contributed by atoms with Crippen molar-refractivity contribution < 1.29 is 4.79 Å². The highest BCUT2D eigenvalue weighted by molar-refractivity contribution is 7.16. The number of hydrogen-bond donors (Lipinski definition) is 1. The third-order valence-electron chi connectivity index (χ3n) is 5.50. The number of nitrogens with zero attached hydrogens (tertiary/aromatic N) is 3. The highest BCUT2D eigenvalue weighted by atomic mass is 32.1. The van der Waals surface area contributed by atoms with E-state index in [-0.39, 0.29) is 11.6 Å². The second kappa shape index (κ2) is 8.18. The minimum absolute atomic E-state index is 0.0249. The first-order chi connectivity index (χ1) is 14.5. The Hall–Kier alpha value is -3.35. The molecule has 0 saturated heterocycles. The van der Waals surface area contributed by atoms with Gasteiger partial charge < -0.3 is 9.88 Å². The molecule has 0 saturated carbocycles. The summed E-state index contributed by atoms with van der Waals surface area (Å²) < 4.78 is 2.13. The molecular weight excluding hydrogens is 392 g/mol. The van der Waals surface area contributed by atoms with Crippen molar-refractivity contribution in [3.8, 4) is 12.1 Å². The summed E-state index contributed by atoms with van der Waals surface area (Å²) in [5.41, 5.74) is 3.53. The van der Waals surface area contributed by atoms with Crippen LogP contribution in [0.4, 0.5) is 5.00 Å². The molecule has 1 N–H and O–H groups in total. The largest absolute Gasteiger partial charge is 0.344 e. The summed E-state index contributed by atoms with van der Waals surface area (Å²) in [6, 6.07) is 12.5. The molecule has 6 heteroatoms. The van der Waals surface area contributed by atoms with Crippen LogP contribution < -0.4 is 5.32 Å². The van der Waals surface area contributed by atoms with Crippen LogP contribution in [-0.2, 0) is 17.6 Å². The molecule has 0 unspecified atom stereocenters. The maximum absolute atomic E-state index is 12.9. The summed E-state index contributed by atoms with van der Waals surface area (Å²) in [6.45, 7) is 4.19. The molecule has 150 valence electrons. The maximum atomic E-state index is 12.9. The number of benzene rings is 1. The SMILES string of the molecule is CC(C)n1cc(/C=C(\C#N)C(=O)Nc2sc3c(c2C#N)CCCC3)c2ccccc21. The first kappa shape index (κ1) is 19.9. The summed E-state index contributed by atoms with van der Waals surface area (Å²) in [6.07, 6.45) is 7.60. The topological polar surface area (TPSA) is 81.6 Å². The van der Waals surface area contributed by atoms with E-state index in [0.717, 1.165) is 47.7 Å². The Balaban J connectivity index is 1.69. The van der Waals surface area contributed by atoms with Gasteiger partial charge in [0.05, 0.1) is 5.56 Å². The zero-order valence-corrected chi connectivity index (χ0v) is 17.8. The second-order valence-electron chi connectivity index (χ2n) is 7.75. The molecule has 4 rings (SSSR count). The van der Waals surface area contributed by atoms with E-state index in [1.165, 1.54) is 16.2 Å². The van der Waals surface area contributed by atoms with Gasteiger partial charge in [0, 0.05) is 33.6 Å². The number of thiophene rings is 1. The van der Waals surface area contributed by atoms with Gasteiger partial charge in [0.1, 0.15) is 22.7 Å². The number of rotatable bonds is 4. The van der Waals surface area contributed by atoms with Gasteiger partial charge in [-0.2, -0.15) is 10.5 Å². The molecule has 0 bridgehead atoms. The number of anilines is 1. The predicted octanol–water partition coefficient (Wildman–Crippen LogP) is 5.58. The van der Waals surface area contributed by atoms with E-state index in [0.29, 0.717) is 10.6 Å². The lowest BCUT2D eigenvalue weighted by atomic mass is 9.96. The fraction of sp³-hybridized carbons (Fsp3) is 0.292. The lowest BCUT2D eigenvalue weighted by molar-refractivity contribution is -0.112. The van der Waals surface area contributed by atoms with Crippen LogP contribution in [0.3, 0.4) is 0 Å². The number of nitriles is 2. The van der Waals surface area contributed by atoms with E-state index in [1.54, 1.807) is 6.08 Å². The molecule has 1 aromatic carbocycles. The van der Waals surface area contributed by atoms with Crippen molar-refractivity contribution in [3.05, 3.63) is 57.6 Å². The Morgan fingerprint density at radius 1 is 1.23 bits per heavy atom. The van der Waals surface area contributed by atoms with Crippen LogP contribution in [0.2, 0.25) is 0 Å². The summed E-state index contributed by atoms with van der Waals surface area (Å²) in [5.74, 6) is -0.478. The molecule has 0 atom stereocenters. The van der Waals surface area contributed by atoms with Crippen molar-refractivity contribution in [1.82, 2.24) is 4.57 Å². The zero-order valence-electron chi connectivity index (χ0n) is 17.0. The highest BCUT2D eigenvalue weighted by Gasteiger charge is 2.23. The molecule has 2 heterocycles. The third kappa shape index (κ3) is 3.51.